The molecule has 0 N–H and O–H groups in total. The van der Waals surface area contributed by atoms with Crippen LogP contribution in [0.3, 0.4) is 0 Å². The second-order valence-electron chi connectivity index (χ2n) is 16.4. The largest absolute Gasteiger partial charge is 0.0619 e. The monoisotopic (exact) mass is 694 g/mol. The zero-order valence-electron chi connectivity index (χ0n) is 30.7. The standard InChI is InChI=1S/C55H34/c1-55(2)50-17-8-7-14-41(50)42-23-22-34(28-51(42)55)32-18-19-33-27-35(21-20-31(33)26-32)36-24-25-45-38-11-4-6-13-40(38)48-29-46-44-16-9-15-43-37-10-3-5-12-39(37)47(52(43)44)30-49(46)53(36)54(45)48/h3-30H,1-2H3. The Bertz CT molecular complexity index is 3620. The fourth-order valence-corrected chi connectivity index (χ4v) is 10.7. The number of hydrogen-bond donors (Lipinski definition) is 0. The summed E-state index contributed by atoms with van der Waals surface area (Å²) in [5, 5.41) is 21.3. The van der Waals surface area contributed by atoms with Crippen LogP contribution < -0.4 is 0 Å². The lowest BCUT2D eigenvalue weighted by Crippen LogP contribution is -2.14. The van der Waals surface area contributed by atoms with E-state index in [2.05, 4.69) is 184 Å². The average Bonchev–Trinajstić information content (AvgIpc) is 3.82. The predicted octanol–water partition coefficient (Wildman–Crippen LogP) is 15.4. The maximum atomic E-state index is 2.51. The fraction of sp³-hybridized carbons (Fsp3) is 0.0545. The highest BCUT2D eigenvalue weighted by Gasteiger charge is 2.35. The third-order valence-corrected chi connectivity index (χ3v) is 13.3. The maximum Gasteiger partial charge on any atom is 0.0159 e. The number of fused-ring (bicyclic) bond motifs is 13. The molecule has 0 aliphatic heterocycles. The van der Waals surface area contributed by atoms with Crippen LogP contribution in [0.25, 0.3) is 120 Å². The molecule has 0 atom stereocenters. The van der Waals surface area contributed by atoms with Crippen molar-refractivity contribution in [1.82, 2.24) is 0 Å². The van der Waals surface area contributed by atoms with Crippen molar-refractivity contribution in [2.24, 2.45) is 0 Å². The maximum absolute atomic E-state index is 2.51. The van der Waals surface area contributed by atoms with Crippen LogP contribution in [0.1, 0.15) is 25.0 Å². The third-order valence-electron chi connectivity index (χ3n) is 13.3. The van der Waals surface area contributed by atoms with E-state index in [0.29, 0.717) is 0 Å². The first-order valence-corrected chi connectivity index (χ1v) is 19.5. The van der Waals surface area contributed by atoms with E-state index in [-0.39, 0.29) is 5.41 Å². The van der Waals surface area contributed by atoms with Crippen molar-refractivity contribution in [3.8, 4) is 33.4 Å². The summed E-state index contributed by atoms with van der Waals surface area (Å²) >= 11 is 0. The Morgan fingerprint density at radius 3 is 1.53 bits per heavy atom. The summed E-state index contributed by atoms with van der Waals surface area (Å²) < 4.78 is 0. The van der Waals surface area contributed by atoms with Crippen LogP contribution in [0.5, 0.6) is 0 Å². The van der Waals surface area contributed by atoms with Gasteiger partial charge >= 0.3 is 0 Å². The molecule has 1 aliphatic carbocycles. The summed E-state index contributed by atoms with van der Waals surface area (Å²) in [6, 6.07) is 64.6. The molecule has 12 aromatic rings. The molecule has 12 aromatic carbocycles. The van der Waals surface area contributed by atoms with Gasteiger partial charge in [-0.3, -0.25) is 0 Å². The van der Waals surface area contributed by atoms with E-state index in [0.717, 1.165) is 0 Å². The lowest BCUT2D eigenvalue weighted by atomic mass is 9.81. The lowest BCUT2D eigenvalue weighted by molar-refractivity contribution is 0.660. The molecule has 0 nitrogen and oxygen atoms in total. The van der Waals surface area contributed by atoms with Gasteiger partial charge in [0.1, 0.15) is 0 Å². The molecule has 13 rings (SSSR count). The van der Waals surface area contributed by atoms with Gasteiger partial charge in [-0.25, -0.2) is 0 Å². The summed E-state index contributed by atoms with van der Waals surface area (Å²) in [7, 11) is 0. The predicted molar refractivity (Wildman–Crippen MR) is 237 cm³/mol. The van der Waals surface area contributed by atoms with Gasteiger partial charge in [-0.15, -0.1) is 0 Å². The molecule has 0 unspecified atom stereocenters. The summed E-state index contributed by atoms with van der Waals surface area (Å²) in [4.78, 5) is 0. The van der Waals surface area contributed by atoms with Crippen molar-refractivity contribution in [2.45, 2.75) is 19.3 Å². The van der Waals surface area contributed by atoms with Crippen molar-refractivity contribution in [2.75, 3.05) is 0 Å². The Labute approximate surface area is 318 Å². The molecule has 0 bridgehead atoms. The zero-order valence-corrected chi connectivity index (χ0v) is 30.7. The smallest absolute Gasteiger partial charge is 0.0159 e. The summed E-state index contributed by atoms with van der Waals surface area (Å²) in [5.41, 5.74) is 10.6. The van der Waals surface area contributed by atoms with Crippen LogP contribution in [-0.2, 0) is 5.41 Å². The summed E-state index contributed by atoms with van der Waals surface area (Å²) in [5.74, 6) is 0. The van der Waals surface area contributed by atoms with Gasteiger partial charge in [0.2, 0.25) is 0 Å². The van der Waals surface area contributed by atoms with Crippen molar-refractivity contribution < 1.29 is 0 Å². The SMILES string of the molecule is CC1(C)c2ccccc2-c2ccc(-c3ccc4cc(-c5ccc6c7ccccc7c7cc8c(cc9c%10ccccc%10c%10cccc8c%109)c5c67)ccc4c3)cc21. The molecule has 254 valence electrons. The van der Waals surface area contributed by atoms with Gasteiger partial charge in [0, 0.05) is 5.41 Å². The van der Waals surface area contributed by atoms with E-state index >= 15 is 0 Å². The van der Waals surface area contributed by atoms with Crippen LogP contribution >= 0.6 is 0 Å². The second-order valence-corrected chi connectivity index (χ2v) is 16.4. The molecule has 0 heteroatoms. The Balaban J connectivity index is 1.04. The number of rotatable bonds is 2. The zero-order chi connectivity index (χ0) is 36.2. The molecule has 0 saturated heterocycles. The Morgan fingerprint density at radius 2 is 0.764 bits per heavy atom. The van der Waals surface area contributed by atoms with Crippen LogP contribution in [0.15, 0.2) is 170 Å². The number of hydrogen-bond acceptors (Lipinski definition) is 0. The topological polar surface area (TPSA) is 0 Å². The van der Waals surface area contributed by atoms with Crippen molar-refractivity contribution in [3.05, 3.63) is 181 Å². The molecule has 0 spiro atoms. The summed E-state index contributed by atoms with van der Waals surface area (Å²) in [6.45, 7) is 4.72. The third kappa shape index (κ3) is 3.77. The first-order chi connectivity index (χ1) is 27.0. The van der Waals surface area contributed by atoms with Gasteiger partial charge in [0.15, 0.2) is 0 Å². The highest BCUT2D eigenvalue weighted by molar-refractivity contribution is 6.42. The highest BCUT2D eigenvalue weighted by Crippen LogP contribution is 2.51. The van der Waals surface area contributed by atoms with Crippen molar-refractivity contribution in [1.29, 1.82) is 0 Å². The van der Waals surface area contributed by atoms with Gasteiger partial charge in [-0.2, -0.15) is 0 Å². The first kappa shape index (κ1) is 29.7. The molecule has 0 heterocycles. The lowest BCUT2D eigenvalue weighted by Gasteiger charge is -2.22. The van der Waals surface area contributed by atoms with Crippen molar-refractivity contribution >= 4 is 86.2 Å². The molecule has 0 saturated carbocycles. The first-order valence-electron chi connectivity index (χ1n) is 19.5. The Morgan fingerprint density at radius 1 is 0.273 bits per heavy atom. The quantitative estimate of drug-likeness (QED) is 0.158. The van der Waals surface area contributed by atoms with Gasteiger partial charge in [-0.05, 0) is 161 Å². The highest BCUT2D eigenvalue weighted by atomic mass is 14.4. The van der Waals surface area contributed by atoms with E-state index in [1.807, 2.05) is 0 Å². The second kappa shape index (κ2) is 10.3. The Kier molecular flexibility index (Phi) is 5.53. The summed E-state index contributed by atoms with van der Waals surface area (Å²) in [6.07, 6.45) is 0. The van der Waals surface area contributed by atoms with E-state index < -0.39 is 0 Å². The minimum Gasteiger partial charge on any atom is -0.0619 e. The number of benzene rings is 10. The molecular formula is C55H34. The van der Waals surface area contributed by atoms with E-state index in [4.69, 9.17) is 0 Å². The molecule has 0 radical (unpaired) electrons. The normalized spacial score (nSPS) is 13.8. The Hall–Kier alpha value is -6.76. The van der Waals surface area contributed by atoms with E-state index in [1.54, 1.807) is 0 Å². The van der Waals surface area contributed by atoms with Gasteiger partial charge in [0.05, 0.1) is 0 Å². The van der Waals surface area contributed by atoms with Gasteiger partial charge < -0.3 is 0 Å². The molecule has 0 fully saturated rings. The van der Waals surface area contributed by atoms with Gasteiger partial charge in [-0.1, -0.05) is 153 Å². The molecule has 0 amide bonds. The van der Waals surface area contributed by atoms with E-state index in [1.165, 1.54) is 131 Å². The van der Waals surface area contributed by atoms with Crippen LogP contribution in [-0.4, -0.2) is 0 Å². The van der Waals surface area contributed by atoms with Crippen molar-refractivity contribution in [3.63, 3.8) is 0 Å². The molecule has 1 aliphatic rings. The van der Waals surface area contributed by atoms with Crippen LogP contribution in [0.4, 0.5) is 0 Å². The fourth-order valence-electron chi connectivity index (χ4n) is 10.7. The van der Waals surface area contributed by atoms with E-state index in [9.17, 15) is 0 Å². The minimum atomic E-state index is -0.0185. The van der Waals surface area contributed by atoms with Crippen LogP contribution in [0.2, 0.25) is 0 Å². The molecular weight excluding hydrogens is 661 g/mol. The van der Waals surface area contributed by atoms with Crippen LogP contribution in [0, 0.1) is 0 Å². The van der Waals surface area contributed by atoms with Gasteiger partial charge in [0.25, 0.3) is 0 Å². The molecule has 0 aromatic heterocycles. The average molecular weight is 695 g/mol. The minimum absolute atomic E-state index is 0.0185. The molecule has 55 heavy (non-hydrogen) atoms.